The highest BCUT2D eigenvalue weighted by Gasteiger charge is 2.19. The number of benzene rings is 1. The van der Waals surface area contributed by atoms with Crippen LogP contribution in [0.5, 0.6) is 5.88 Å². The molecule has 1 aromatic carbocycles. The number of nitrogens with zero attached hydrogens (tertiary/aromatic N) is 6. The first kappa shape index (κ1) is 20.1. The van der Waals surface area contributed by atoms with Gasteiger partial charge in [-0.2, -0.15) is 5.10 Å². The summed E-state index contributed by atoms with van der Waals surface area (Å²) in [4.78, 5) is 24.4. The molecule has 2 aromatic heterocycles. The Bertz CT molecular complexity index is 1080. The Morgan fingerprint density at radius 3 is 2.67 bits per heavy atom. The molecule has 0 radical (unpaired) electrons. The molecule has 3 heterocycles. The second-order valence-electron chi connectivity index (χ2n) is 7.17. The Kier molecular flexibility index (Phi) is 5.84. The van der Waals surface area contributed by atoms with Crippen LogP contribution in [0.2, 0.25) is 0 Å². The summed E-state index contributed by atoms with van der Waals surface area (Å²) in [6.07, 6.45) is 0.469. The third kappa shape index (κ3) is 4.54. The largest absolute Gasteiger partial charge is 0.471 e. The average Bonchev–Trinajstić information content (AvgIpc) is 2.75. The van der Waals surface area contributed by atoms with Gasteiger partial charge in [-0.1, -0.05) is 0 Å². The molecule has 158 valence electrons. The van der Waals surface area contributed by atoms with Crippen LogP contribution in [0.1, 0.15) is 5.56 Å². The van der Waals surface area contributed by atoms with Crippen molar-refractivity contribution in [2.24, 2.45) is 7.05 Å². The van der Waals surface area contributed by atoms with Crippen molar-refractivity contribution in [2.45, 2.75) is 13.0 Å². The van der Waals surface area contributed by atoms with Crippen LogP contribution in [0.15, 0.2) is 41.6 Å². The van der Waals surface area contributed by atoms with E-state index in [0.29, 0.717) is 17.4 Å². The summed E-state index contributed by atoms with van der Waals surface area (Å²) in [7, 11) is 1.63. The Labute approximate surface area is 171 Å². The molecular weight excluding hydrogens is 394 g/mol. The van der Waals surface area contributed by atoms with Gasteiger partial charge in [0.2, 0.25) is 5.88 Å². The van der Waals surface area contributed by atoms with Crippen LogP contribution in [0.3, 0.4) is 0 Å². The lowest BCUT2D eigenvalue weighted by atomic mass is 10.1. The minimum Gasteiger partial charge on any atom is -0.471 e. The second kappa shape index (κ2) is 8.70. The molecule has 0 bridgehead atoms. The van der Waals surface area contributed by atoms with Gasteiger partial charge in [-0.25, -0.2) is 23.4 Å². The van der Waals surface area contributed by atoms with E-state index < -0.39 is 13.0 Å². The van der Waals surface area contributed by atoms with Crippen LogP contribution in [0.4, 0.5) is 14.5 Å². The predicted octanol–water partition coefficient (Wildman–Crippen LogP) is 1.69. The molecule has 1 aliphatic rings. The number of alkyl halides is 2. The van der Waals surface area contributed by atoms with Crippen molar-refractivity contribution >= 4 is 16.6 Å². The molecule has 4 rings (SSSR count). The van der Waals surface area contributed by atoms with Crippen molar-refractivity contribution in [1.29, 1.82) is 0 Å². The van der Waals surface area contributed by atoms with Crippen molar-refractivity contribution < 1.29 is 13.5 Å². The van der Waals surface area contributed by atoms with Crippen molar-refractivity contribution in [3.05, 3.63) is 52.7 Å². The summed E-state index contributed by atoms with van der Waals surface area (Å²) in [6, 6.07) is 7.31. The summed E-state index contributed by atoms with van der Waals surface area (Å²) >= 11 is 0. The molecule has 0 N–H and O–H groups in total. The van der Waals surface area contributed by atoms with Crippen LogP contribution in [-0.4, -0.2) is 63.9 Å². The molecule has 0 atom stereocenters. The lowest BCUT2D eigenvalue weighted by Gasteiger charge is -2.36. The number of ether oxygens (including phenoxy) is 1. The van der Waals surface area contributed by atoms with Crippen molar-refractivity contribution in [2.75, 3.05) is 37.7 Å². The van der Waals surface area contributed by atoms with Crippen LogP contribution in [0, 0.1) is 0 Å². The quantitative estimate of drug-likeness (QED) is 0.605. The fourth-order valence-electron chi connectivity index (χ4n) is 3.49. The molecule has 8 nitrogen and oxygen atoms in total. The van der Waals surface area contributed by atoms with Crippen LogP contribution in [0.25, 0.3) is 10.9 Å². The third-order valence-electron chi connectivity index (χ3n) is 5.10. The van der Waals surface area contributed by atoms with E-state index in [2.05, 4.69) is 24.9 Å². The SMILES string of the molecule is Cn1ncc(CN2CCN(c3ccc4ncnc(OCC(F)F)c4c3)CC2)cc1=O. The zero-order chi connectivity index (χ0) is 21.1. The Hall–Kier alpha value is -3.14. The van der Waals surface area contributed by atoms with Gasteiger partial charge in [0.1, 0.15) is 6.33 Å². The Morgan fingerprint density at radius 1 is 1.13 bits per heavy atom. The molecule has 30 heavy (non-hydrogen) atoms. The fourth-order valence-corrected chi connectivity index (χ4v) is 3.49. The first-order chi connectivity index (χ1) is 14.5. The number of halogens is 2. The van der Waals surface area contributed by atoms with Crippen molar-refractivity contribution in [3.8, 4) is 5.88 Å². The highest BCUT2D eigenvalue weighted by atomic mass is 19.3. The topological polar surface area (TPSA) is 76.4 Å². The van der Waals surface area contributed by atoms with Crippen LogP contribution >= 0.6 is 0 Å². The van der Waals surface area contributed by atoms with Gasteiger partial charge < -0.3 is 9.64 Å². The van der Waals surface area contributed by atoms with Gasteiger partial charge in [0.05, 0.1) is 17.1 Å². The summed E-state index contributed by atoms with van der Waals surface area (Å²) in [5, 5.41) is 4.68. The van der Waals surface area contributed by atoms with Gasteiger partial charge in [-0.05, 0) is 23.8 Å². The molecule has 0 aliphatic carbocycles. The lowest BCUT2D eigenvalue weighted by Crippen LogP contribution is -2.46. The fraction of sp³-hybridized carbons (Fsp3) is 0.400. The number of rotatable bonds is 6. The van der Waals surface area contributed by atoms with Gasteiger partial charge in [0, 0.05) is 51.5 Å². The molecular formula is C20H22F2N6O2. The molecule has 1 saturated heterocycles. The summed E-state index contributed by atoms with van der Waals surface area (Å²) < 4.78 is 31.5. The molecule has 1 aliphatic heterocycles. The van der Waals surface area contributed by atoms with Crippen molar-refractivity contribution in [3.63, 3.8) is 0 Å². The monoisotopic (exact) mass is 416 g/mol. The number of hydrogen-bond donors (Lipinski definition) is 0. The van der Waals surface area contributed by atoms with E-state index in [-0.39, 0.29) is 11.4 Å². The zero-order valence-electron chi connectivity index (χ0n) is 16.5. The summed E-state index contributed by atoms with van der Waals surface area (Å²) in [5.74, 6) is 0.166. The minimum atomic E-state index is -2.56. The molecule has 0 unspecified atom stereocenters. The van der Waals surface area contributed by atoms with E-state index in [9.17, 15) is 13.6 Å². The molecule has 0 spiro atoms. The average molecular weight is 416 g/mol. The first-order valence-corrected chi connectivity index (χ1v) is 9.65. The number of fused-ring (bicyclic) bond motifs is 1. The van der Waals surface area contributed by atoms with E-state index >= 15 is 0 Å². The molecule has 0 saturated carbocycles. The highest BCUT2D eigenvalue weighted by molar-refractivity contribution is 5.86. The normalized spacial score (nSPS) is 15.1. The van der Waals surface area contributed by atoms with Crippen LogP contribution in [-0.2, 0) is 13.6 Å². The summed E-state index contributed by atoms with van der Waals surface area (Å²) in [6.45, 7) is 3.22. The second-order valence-corrected chi connectivity index (χ2v) is 7.17. The van der Waals surface area contributed by atoms with E-state index in [4.69, 9.17) is 4.74 Å². The van der Waals surface area contributed by atoms with Gasteiger partial charge in [-0.3, -0.25) is 9.69 Å². The minimum absolute atomic E-state index is 0.116. The Morgan fingerprint density at radius 2 is 1.93 bits per heavy atom. The number of piperazine rings is 1. The number of aryl methyl sites for hydroxylation is 1. The molecule has 3 aromatic rings. The van der Waals surface area contributed by atoms with E-state index in [1.807, 2.05) is 18.2 Å². The third-order valence-corrected chi connectivity index (χ3v) is 5.10. The smallest absolute Gasteiger partial charge is 0.272 e. The van der Waals surface area contributed by atoms with E-state index in [1.165, 1.54) is 11.0 Å². The van der Waals surface area contributed by atoms with Gasteiger partial charge in [0.25, 0.3) is 12.0 Å². The number of hydrogen-bond acceptors (Lipinski definition) is 7. The zero-order valence-corrected chi connectivity index (χ0v) is 16.5. The standard InChI is InChI=1S/C20H22F2N6O2/c1-26-19(29)8-14(10-25-26)11-27-4-6-28(7-5-27)15-2-3-17-16(9-15)20(24-13-23-17)30-12-18(21)22/h2-3,8-10,13,18H,4-7,11-12H2,1H3. The maximum atomic E-state index is 12.5. The van der Waals surface area contributed by atoms with Gasteiger partial charge >= 0.3 is 0 Å². The molecule has 1 fully saturated rings. The molecule has 0 amide bonds. The van der Waals surface area contributed by atoms with E-state index in [0.717, 1.165) is 37.4 Å². The number of aromatic nitrogens is 4. The Balaban J connectivity index is 1.44. The lowest BCUT2D eigenvalue weighted by molar-refractivity contribution is 0.0804. The van der Waals surface area contributed by atoms with E-state index in [1.54, 1.807) is 19.3 Å². The first-order valence-electron chi connectivity index (χ1n) is 9.65. The van der Waals surface area contributed by atoms with Crippen molar-refractivity contribution in [1.82, 2.24) is 24.6 Å². The predicted molar refractivity (Wildman–Crippen MR) is 108 cm³/mol. The summed E-state index contributed by atoms with van der Waals surface area (Å²) in [5.41, 5.74) is 2.40. The number of anilines is 1. The molecule has 10 heteroatoms. The maximum Gasteiger partial charge on any atom is 0.272 e. The van der Waals surface area contributed by atoms with Gasteiger partial charge in [-0.15, -0.1) is 0 Å². The highest BCUT2D eigenvalue weighted by Crippen LogP contribution is 2.27. The van der Waals surface area contributed by atoms with Gasteiger partial charge in [0.15, 0.2) is 6.61 Å². The van der Waals surface area contributed by atoms with Crippen LogP contribution < -0.4 is 15.2 Å². The maximum absolute atomic E-state index is 12.5.